The number of halogens is 1. The lowest BCUT2D eigenvalue weighted by Gasteiger charge is -2.29. The molecule has 5 rings (SSSR count). The summed E-state index contributed by atoms with van der Waals surface area (Å²) in [7, 11) is 0. The highest BCUT2D eigenvalue weighted by atomic mass is 19.1. The molecule has 3 aromatic carbocycles. The second-order valence-corrected chi connectivity index (χ2v) is 11.5. The first-order valence-corrected chi connectivity index (χ1v) is 15.2. The summed E-state index contributed by atoms with van der Waals surface area (Å²) in [6, 6.07) is 17.8. The third-order valence-electron chi connectivity index (χ3n) is 8.16. The summed E-state index contributed by atoms with van der Waals surface area (Å²) in [4.78, 5) is 49.1. The summed E-state index contributed by atoms with van der Waals surface area (Å²) in [5.74, 6) is -1.27. The Morgan fingerprint density at radius 3 is 2.21 bits per heavy atom. The second kappa shape index (κ2) is 15.1. The summed E-state index contributed by atoms with van der Waals surface area (Å²) in [5.41, 5.74) is 3.46. The van der Waals surface area contributed by atoms with Gasteiger partial charge >= 0.3 is 6.09 Å². The van der Waals surface area contributed by atoms with Crippen LogP contribution < -0.4 is 21.3 Å². The van der Waals surface area contributed by atoms with E-state index < -0.39 is 23.9 Å². The number of anilines is 2. The number of aromatic amines is 1. The van der Waals surface area contributed by atoms with Gasteiger partial charge in [0, 0.05) is 37.1 Å². The fourth-order valence-electron chi connectivity index (χ4n) is 5.63. The quantitative estimate of drug-likeness (QED) is 0.139. The van der Waals surface area contributed by atoms with E-state index >= 15 is 0 Å². The largest absolute Gasteiger partial charge is 0.465 e. The van der Waals surface area contributed by atoms with Crippen LogP contribution in [-0.4, -0.2) is 62.1 Å². The van der Waals surface area contributed by atoms with Crippen LogP contribution in [0.25, 0.3) is 22.5 Å². The number of H-pyrrole nitrogens is 1. The van der Waals surface area contributed by atoms with Gasteiger partial charge in [0.15, 0.2) is 0 Å². The van der Waals surface area contributed by atoms with Crippen molar-refractivity contribution in [1.29, 1.82) is 0 Å². The molecule has 1 fully saturated rings. The van der Waals surface area contributed by atoms with E-state index in [0.29, 0.717) is 54.9 Å². The van der Waals surface area contributed by atoms with Crippen LogP contribution in [0.2, 0.25) is 0 Å². The van der Waals surface area contributed by atoms with Gasteiger partial charge in [-0.1, -0.05) is 30.3 Å². The van der Waals surface area contributed by atoms with Gasteiger partial charge in [-0.05, 0) is 89.9 Å². The number of aromatic nitrogens is 4. The molecule has 6 N–H and O–H groups in total. The van der Waals surface area contributed by atoms with E-state index in [2.05, 4.69) is 41.9 Å². The fraction of sp³-hybridized carbons (Fsp3) is 0.303. The Morgan fingerprint density at radius 2 is 1.60 bits per heavy atom. The van der Waals surface area contributed by atoms with Crippen molar-refractivity contribution in [3.05, 3.63) is 78.1 Å². The van der Waals surface area contributed by atoms with Gasteiger partial charge in [-0.15, -0.1) is 10.2 Å². The van der Waals surface area contributed by atoms with E-state index in [1.807, 2.05) is 24.3 Å². The number of nitrogens with one attached hydrogen (secondary N) is 5. The number of carbonyl (C=O) groups is 4. The van der Waals surface area contributed by atoms with E-state index in [0.717, 1.165) is 11.1 Å². The SMILES string of the molecule is CC(=O)Nc1ccc(-c2ccc(C[C@H](NC(=O)[C@H]3CC[C@H](CNC(=O)O)CC3)C(=O)Nc3ccc(-c4nn[nH]n4)cc3)cc2)cc1F. The molecule has 47 heavy (non-hydrogen) atoms. The predicted molar refractivity (Wildman–Crippen MR) is 171 cm³/mol. The van der Waals surface area contributed by atoms with Gasteiger partial charge in [0.1, 0.15) is 11.9 Å². The normalized spacial score (nSPS) is 16.5. The molecule has 14 heteroatoms. The molecule has 244 valence electrons. The van der Waals surface area contributed by atoms with E-state index in [-0.39, 0.29) is 35.8 Å². The Hall–Kier alpha value is -5.66. The average molecular weight is 643 g/mol. The Labute approximate surface area is 269 Å². The number of nitrogens with zero attached hydrogens (tertiary/aromatic N) is 3. The van der Waals surface area contributed by atoms with Crippen molar-refractivity contribution in [2.24, 2.45) is 11.8 Å². The van der Waals surface area contributed by atoms with Crippen molar-refractivity contribution in [2.45, 2.75) is 45.1 Å². The molecule has 1 atom stereocenters. The maximum absolute atomic E-state index is 14.5. The van der Waals surface area contributed by atoms with Gasteiger partial charge in [0.2, 0.25) is 23.5 Å². The molecule has 1 saturated carbocycles. The predicted octanol–water partition coefficient (Wildman–Crippen LogP) is 4.37. The Bertz CT molecular complexity index is 1710. The lowest BCUT2D eigenvalue weighted by Crippen LogP contribution is -2.48. The smallest absolute Gasteiger partial charge is 0.404 e. The van der Waals surface area contributed by atoms with Crippen molar-refractivity contribution in [1.82, 2.24) is 31.3 Å². The van der Waals surface area contributed by atoms with Crippen LogP contribution in [0.5, 0.6) is 0 Å². The van der Waals surface area contributed by atoms with Crippen LogP contribution in [0.1, 0.15) is 38.2 Å². The van der Waals surface area contributed by atoms with Gasteiger partial charge < -0.3 is 26.4 Å². The minimum Gasteiger partial charge on any atom is -0.465 e. The van der Waals surface area contributed by atoms with E-state index in [4.69, 9.17) is 5.11 Å². The first kappa shape index (κ1) is 32.7. The summed E-state index contributed by atoms with van der Waals surface area (Å²) < 4.78 is 14.5. The topological polar surface area (TPSA) is 191 Å². The Balaban J connectivity index is 1.28. The fourth-order valence-corrected chi connectivity index (χ4v) is 5.63. The minimum absolute atomic E-state index is 0.0948. The molecule has 13 nitrogen and oxygen atoms in total. The number of carbonyl (C=O) groups excluding carboxylic acids is 3. The second-order valence-electron chi connectivity index (χ2n) is 11.5. The zero-order valence-corrected chi connectivity index (χ0v) is 25.6. The molecular formula is C33H35FN8O5. The standard InChI is InChI=1S/C33H35FN8O5/c1-19(43)36-28-15-12-25(17-27(28)34)22-6-2-20(3-7-22)16-29(38-31(44)24-8-4-21(5-9-24)18-35-33(46)47)32(45)37-26-13-10-23(11-14-26)30-39-41-42-40-30/h2-3,6-7,10-15,17,21,24,29,35H,4-5,8-9,16,18H2,1H3,(H,36,43)(H,37,45)(H,38,44)(H,46,47)(H,39,40,41,42)/t21-,24-,29-/m0/s1. The molecule has 0 unspecified atom stereocenters. The third kappa shape index (κ3) is 8.96. The monoisotopic (exact) mass is 642 g/mol. The highest BCUT2D eigenvalue weighted by molar-refractivity contribution is 5.98. The number of hydrogen-bond donors (Lipinski definition) is 6. The van der Waals surface area contributed by atoms with Gasteiger partial charge in [-0.25, -0.2) is 9.18 Å². The van der Waals surface area contributed by atoms with Crippen molar-refractivity contribution >= 4 is 35.2 Å². The number of hydrogen-bond acceptors (Lipinski definition) is 7. The molecule has 0 spiro atoms. The first-order chi connectivity index (χ1) is 22.6. The van der Waals surface area contributed by atoms with Crippen molar-refractivity contribution < 1.29 is 28.7 Å². The van der Waals surface area contributed by atoms with E-state index in [1.54, 1.807) is 30.3 Å². The number of benzene rings is 3. The molecular weight excluding hydrogens is 607 g/mol. The lowest BCUT2D eigenvalue weighted by molar-refractivity contribution is -0.130. The summed E-state index contributed by atoms with van der Waals surface area (Å²) in [6.45, 7) is 1.66. The molecule has 4 aromatic rings. The lowest BCUT2D eigenvalue weighted by atomic mass is 9.81. The van der Waals surface area contributed by atoms with Crippen LogP contribution in [0.15, 0.2) is 66.7 Å². The average Bonchev–Trinajstić information content (AvgIpc) is 3.60. The van der Waals surface area contributed by atoms with Gasteiger partial charge in [-0.2, -0.15) is 5.21 Å². The van der Waals surface area contributed by atoms with Crippen LogP contribution in [0.3, 0.4) is 0 Å². The zero-order chi connectivity index (χ0) is 33.3. The minimum atomic E-state index is -1.07. The zero-order valence-electron chi connectivity index (χ0n) is 25.6. The molecule has 0 bridgehead atoms. The van der Waals surface area contributed by atoms with Crippen molar-refractivity contribution in [2.75, 3.05) is 17.2 Å². The van der Waals surface area contributed by atoms with Crippen LogP contribution in [0.4, 0.5) is 20.6 Å². The van der Waals surface area contributed by atoms with E-state index in [9.17, 15) is 23.6 Å². The van der Waals surface area contributed by atoms with Crippen LogP contribution in [0, 0.1) is 17.7 Å². The highest BCUT2D eigenvalue weighted by Gasteiger charge is 2.30. The number of tetrazole rings is 1. The summed E-state index contributed by atoms with van der Waals surface area (Å²) >= 11 is 0. The third-order valence-corrected chi connectivity index (χ3v) is 8.16. The molecule has 0 saturated heterocycles. The highest BCUT2D eigenvalue weighted by Crippen LogP contribution is 2.29. The van der Waals surface area contributed by atoms with Gasteiger partial charge in [0.25, 0.3) is 0 Å². The van der Waals surface area contributed by atoms with E-state index in [1.165, 1.54) is 19.1 Å². The molecule has 0 radical (unpaired) electrons. The number of amides is 4. The molecule has 4 amide bonds. The van der Waals surface area contributed by atoms with Gasteiger partial charge in [0.05, 0.1) is 5.69 Å². The first-order valence-electron chi connectivity index (χ1n) is 15.2. The van der Waals surface area contributed by atoms with Gasteiger partial charge in [-0.3, -0.25) is 14.4 Å². The number of carboxylic acid groups (broad SMARTS) is 1. The Kier molecular flexibility index (Phi) is 10.5. The molecule has 1 aliphatic carbocycles. The van der Waals surface area contributed by atoms with Crippen LogP contribution >= 0.6 is 0 Å². The molecule has 1 heterocycles. The van der Waals surface area contributed by atoms with Crippen LogP contribution in [-0.2, 0) is 20.8 Å². The Morgan fingerprint density at radius 1 is 0.915 bits per heavy atom. The number of rotatable bonds is 11. The molecule has 1 aromatic heterocycles. The van der Waals surface area contributed by atoms with Crippen molar-refractivity contribution in [3.63, 3.8) is 0 Å². The molecule has 0 aliphatic heterocycles. The maximum atomic E-state index is 14.5. The summed E-state index contributed by atoms with van der Waals surface area (Å²) in [5, 5.41) is 33.4. The molecule has 1 aliphatic rings. The maximum Gasteiger partial charge on any atom is 0.404 e. The summed E-state index contributed by atoms with van der Waals surface area (Å²) in [6.07, 6.45) is 1.73. The van der Waals surface area contributed by atoms with Crippen molar-refractivity contribution in [3.8, 4) is 22.5 Å².